The molecule has 0 spiro atoms. The molecule has 0 aromatic heterocycles. The average molecular weight is 216 g/mol. The minimum atomic E-state index is -0.600. The summed E-state index contributed by atoms with van der Waals surface area (Å²) in [5.41, 5.74) is 0. The van der Waals surface area contributed by atoms with Crippen LogP contribution in [0.25, 0.3) is 0 Å². The normalized spacial score (nSPS) is 25.3. The zero-order chi connectivity index (χ0) is 11.8. The van der Waals surface area contributed by atoms with Gasteiger partial charge < -0.3 is 10.2 Å². The summed E-state index contributed by atoms with van der Waals surface area (Å²) in [7, 11) is 0. The third-order valence-corrected chi connectivity index (χ3v) is 3.06. The molecule has 4 heteroatoms. The summed E-state index contributed by atoms with van der Waals surface area (Å²) in [6.45, 7) is 4.21. The van der Waals surface area contributed by atoms with Crippen molar-refractivity contribution in [2.75, 3.05) is 0 Å². The summed E-state index contributed by atoms with van der Waals surface area (Å²) in [5.74, 6) is 0.831. The second kappa shape index (κ2) is 7.26. The van der Waals surface area contributed by atoms with Crippen LogP contribution >= 0.6 is 0 Å². The molecule has 0 saturated heterocycles. The fourth-order valence-corrected chi connectivity index (χ4v) is 2.03. The molecule has 1 rings (SSSR count). The predicted octanol–water partition coefficient (Wildman–Crippen LogP) is 2.23. The molecule has 0 unspecified atom stereocenters. The van der Waals surface area contributed by atoms with Gasteiger partial charge in [-0.25, -0.2) is 0 Å². The van der Waals surface area contributed by atoms with Crippen LogP contribution in [-0.4, -0.2) is 22.7 Å². The zero-order valence-corrected chi connectivity index (χ0v) is 9.35. The SMILES string of the molecule is CC(C)C1CCC(C(=O)O)CC1.O=CO. The number of carbonyl (C=O) groups is 2. The summed E-state index contributed by atoms with van der Waals surface area (Å²) < 4.78 is 0. The van der Waals surface area contributed by atoms with Gasteiger partial charge >= 0.3 is 5.97 Å². The first-order chi connectivity index (χ1) is 7.02. The Labute approximate surface area is 90.3 Å². The molecular weight excluding hydrogens is 196 g/mol. The van der Waals surface area contributed by atoms with Gasteiger partial charge in [0.2, 0.25) is 0 Å². The fraction of sp³-hybridized carbons (Fsp3) is 0.818. The topological polar surface area (TPSA) is 74.6 Å². The van der Waals surface area contributed by atoms with Gasteiger partial charge in [0.15, 0.2) is 0 Å². The molecule has 0 aromatic carbocycles. The predicted molar refractivity (Wildman–Crippen MR) is 56.6 cm³/mol. The number of aliphatic carboxylic acids is 1. The molecule has 2 N–H and O–H groups in total. The molecule has 88 valence electrons. The van der Waals surface area contributed by atoms with E-state index in [2.05, 4.69) is 13.8 Å². The lowest BCUT2D eigenvalue weighted by molar-refractivity contribution is -0.143. The van der Waals surface area contributed by atoms with Gasteiger partial charge in [-0.15, -0.1) is 0 Å². The molecule has 0 radical (unpaired) electrons. The molecule has 1 fully saturated rings. The second-order valence-corrected chi connectivity index (χ2v) is 4.30. The number of carboxylic acid groups (broad SMARTS) is 2. The van der Waals surface area contributed by atoms with Crippen molar-refractivity contribution in [1.82, 2.24) is 0 Å². The molecule has 1 saturated carbocycles. The lowest BCUT2D eigenvalue weighted by atomic mass is 9.77. The van der Waals surface area contributed by atoms with Crippen LogP contribution < -0.4 is 0 Å². The first-order valence-electron chi connectivity index (χ1n) is 5.33. The van der Waals surface area contributed by atoms with Crippen molar-refractivity contribution in [3.05, 3.63) is 0 Å². The Morgan fingerprint density at radius 3 is 1.93 bits per heavy atom. The van der Waals surface area contributed by atoms with Crippen LogP contribution in [0.15, 0.2) is 0 Å². The van der Waals surface area contributed by atoms with Crippen LogP contribution in [0.4, 0.5) is 0 Å². The summed E-state index contributed by atoms with van der Waals surface area (Å²) in [5, 5.41) is 15.7. The highest BCUT2D eigenvalue weighted by Gasteiger charge is 2.26. The van der Waals surface area contributed by atoms with Gasteiger partial charge in [0.1, 0.15) is 0 Å². The van der Waals surface area contributed by atoms with E-state index in [0.29, 0.717) is 0 Å². The largest absolute Gasteiger partial charge is 0.483 e. The molecule has 1 aliphatic carbocycles. The van der Waals surface area contributed by atoms with Crippen LogP contribution in [0.3, 0.4) is 0 Å². The van der Waals surface area contributed by atoms with E-state index in [-0.39, 0.29) is 12.4 Å². The minimum Gasteiger partial charge on any atom is -0.483 e. The van der Waals surface area contributed by atoms with Gasteiger partial charge in [0.05, 0.1) is 5.92 Å². The fourth-order valence-electron chi connectivity index (χ4n) is 2.03. The molecule has 1 aliphatic rings. The first kappa shape index (κ1) is 13.9. The number of carboxylic acids is 1. The van der Waals surface area contributed by atoms with Crippen LogP contribution in [0.5, 0.6) is 0 Å². The van der Waals surface area contributed by atoms with Crippen molar-refractivity contribution in [2.24, 2.45) is 17.8 Å². The van der Waals surface area contributed by atoms with E-state index in [4.69, 9.17) is 15.0 Å². The molecular formula is C11H20O4. The maximum atomic E-state index is 10.6. The van der Waals surface area contributed by atoms with E-state index in [1.165, 1.54) is 0 Å². The number of rotatable bonds is 2. The second-order valence-electron chi connectivity index (χ2n) is 4.30. The third kappa shape index (κ3) is 5.40. The maximum absolute atomic E-state index is 10.6. The van der Waals surface area contributed by atoms with Crippen molar-refractivity contribution in [3.8, 4) is 0 Å². The summed E-state index contributed by atoms with van der Waals surface area (Å²) >= 11 is 0. The average Bonchev–Trinajstić information content (AvgIpc) is 2.19. The highest BCUT2D eigenvalue weighted by atomic mass is 16.4. The van der Waals surface area contributed by atoms with Crippen LogP contribution in [0.2, 0.25) is 0 Å². The number of hydrogen-bond donors (Lipinski definition) is 2. The Hall–Kier alpha value is -1.06. The molecule has 0 amide bonds. The Morgan fingerprint density at radius 2 is 1.67 bits per heavy atom. The quantitative estimate of drug-likeness (QED) is 0.694. The van der Waals surface area contributed by atoms with Crippen molar-refractivity contribution >= 4 is 12.4 Å². The molecule has 0 heterocycles. The Balaban J connectivity index is 0.000000583. The Morgan fingerprint density at radius 1 is 1.27 bits per heavy atom. The van der Waals surface area contributed by atoms with Gasteiger partial charge in [0.25, 0.3) is 6.47 Å². The van der Waals surface area contributed by atoms with Crippen molar-refractivity contribution in [2.45, 2.75) is 39.5 Å². The highest BCUT2D eigenvalue weighted by Crippen LogP contribution is 2.33. The van der Waals surface area contributed by atoms with E-state index in [0.717, 1.165) is 37.5 Å². The van der Waals surface area contributed by atoms with E-state index in [1.807, 2.05) is 0 Å². The Kier molecular flexibility index (Phi) is 6.75. The minimum absolute atomic E-state index is 0.0556. The molecule has 4 nitrogen and oxygen atoms in total. The van der Waals surface area contributed by atoms with Gasteiger partial charge in [-0.2, -0.15) is 0 Å². The van der Waals surface area contributed by atoms with Crippen LogP contribution in [-0.2, 0) is 9.59 Å². The molecule has 0 aromatic rings. The van der Waals surface area contributed by atoms with E-state index in [1.54, 1.807) is 0 Å². The van der Waals surface area contributed by atoms with Crippen LogP contribution in [0.1, 0.15) is 39.5 Å². The van der Waals surface area contributed by atoms with Gasteiger partial charge in [-0.3, -0.25) is 9.59 Å². The maximum Gasteiger partial charge on any atom is 0.306 e. The molecule has 0 aliphatic heterocycles. The summed E-state index contributed by atoms with van der Waals surface area (Å²) in [4.78, 5) is 19.0. The van der Waals surface area contributed by atoms with Crippen molar-refractivity contribution in [3.63, 3.8) is 0 Å². The lowest BCUT2D eigenvalue weighted by Gasteiger charge is -2.28. The Bertz CT molecular complexity index is 193. The van der Waals surface area contributed by atoms with Gasteiger partial charge in [-0.05, 0) is 37.5 Å². The van der Waals surface area contributed by atoms with E-state index < -0.39 is 5.97 Å². The van der Waals surface area contributed by atoms with Gasteiger partial charge in [-0.1, -0.05) is 13.8 Å². The van der Waals surface area contributed by atoms with Crippen molar-refractivity contribution in [1.29, 1.82) is 0 Å². The van der Waals surface area contributed by atoms with E-state index >= 15 is 0 Å². The van der Waals surface area contributed by atoms with Crippen LogP contribution in [0, 0.1) is 17.8 Å². The summed E-state index contributed by atoms with van der Waals surface area (Å²) in [6.07, 6.45) is 3.99. The van der Waals surface area contributed by atoms with Crippen molar-refractivity contribution < 1.29 is 19.8 Å². The smallest absolute Gasteiger partial charge is 0.306 e. The molecule has 15 heavy (non-hydrogen) atoms. The third-order valence-electron chi connectivity index (χ3n) is 3.06. The monoisotopic (exact) mass is 216 g/mol. The lowest BCUT2D eigenvalue weighted by Crippen LogP contribution is -2.23. The summed E-state index contributed by atoms with van der Waals surface area (Å²) in [6, 6.07) is 0. The zero-order valence-electron chi connectivity index (χ0n) is 9.35. The van der Waals surface area contributed by atoms with Gasteiger partial charge in [0, 0.05) is 0 Å². The molecule has 0 atom stereocenters. The molecule has 0 bridgehead atoms. The first-order valence-corrected chi connectivity index (χ1v) is 5.33. The number of hydrogen-bond acceptors (Lipinski definition) is 2. The highest BCUT2D eigenvalue weighted by molar-refractivity contribution is 5.69. The van der Waals surface area contributed by atoms with E-state index in [9.17, 15) is 4.79 Å². The standard InChI is InChI=1S/C10H18O2.CH2O2/c1-7(2)8-3-5-9(6-4-8)10(11)12;2-1-3/h7-9H,3-6H2,1-2H3,(H,11,12);1H,(H,2,3).